The third-order valence-electron chi connectivity index (χ3n) is 6.93. The highest BCUT2D eigenvalue weighted by atomic mass is 35.5. The van der Waals surface area contributed by atoms with E-state index in [0.717, 1.165) is 37.5 Å². The van der Waals surface area contributed by atoms with Crippen molar-refractivity contribution in [3.05, 3.63) is 59.1 Å². The van der Waals surface area contributed by atoms with Crippen molar-refractivity contribution < 1.29 is 22.7 Å². The molecule has 0 saturated heterocycles. The van der Waals surface area contributed by atoms with Crippen LogP contribution in [-0.4, -0.2) is 63.7 Å². The van der Waals surface area contributed by atoms with Crippen LogP contribution in [0.5, 0.6) is 5.75 Å². The van der Waals surface area contributed by atoms with Crippen LogP contribution in [0.3, 0.4) is 0 Å². The predicted octanol–water partition coefficient (Wildman–Crippen LogP) is 4.41. The highest BCUT2D eigenvalue weighted by Crippen LogP contribution is 2.30. The van der Waals surface area contributed by atoms with Crippen molar-refractivity contribution in [3.8, 4) is 5.75 Å². The lowest BCUT2D eigenvalue weighted by molar-refractivity contribution is -0.140. The molecule has 10 heteroatoms. The minimum absolute atomic E-state index is 0.0996. The number of amides is 2. The molecule has 2 amide bonds. The molecule has 1 unspecified atom stereocenters. The number of halogens is 1. The lowest BCUT2D eigenvalue weighted by atomic mass is 10.1. The van der Waals surface area contributed by atoms with Crippen LogP contribution >= 0.6 is 11.6 Å². The van der Waals surface area contributed by atoms with E-state index in [0.29, 0.717) is 29.4 Å². The van der Waals surface area contributed by atoms with Crippen molar-refractivity contribution in [1.29, 1.82) is 0 Å². The van der Waals surface area contributed by atoms with Crippen LogP contribution in [0.15, 0.2) is 48.5 Å². The van der Waals surface area contributed by atoms with Gasteiger partial charge in [-0.1, -0.05) is 54.8 Å². The first-order valence-electron chi connectivity index (χ1n) is 13.0. The highest BCUT2D eigenvalue weighted by molar-refractivity contribution is 7.92. The zero-order valence-corrected chi connectivity index (χ0v) is 23.9. The Hall–Kier alpha value is -2.78. The zero-order chi connectivity index (χ0) is 27.7. The van der Waals surface area contributed by atoms with E-state index in [1.54, 1.807) is 24.0 Å². The first-order chi connectivity index (χ1) is 18.1. The molecular formula is C28H38ClN3O5S. The van der Waals surface area contributed by atoms with Crippen molar-refractivity contribution >= 4 is 39.1 Å². The topological polar surface area (TPSA) is 96.0 Å². The Morgan fingerprint density at radius 3 is 2.39 bits per heavy atom. The SMILES string of the molecule is COc1ccc(N(CCCC(=O)N(CCc2ccccc2)C(C)C(=O)NC2CCCC2)S(C)(=O)=O)cc1Cl. The van der Waals surface area contributed by atoms with Gasteiger partial charge in [0.1, 0.15) is 11.8 Å². The molecule has 0 aromatic heterocycles. The van der Waals surface area contributed by atoms with E-state index < -0.39 is 16.1 Å². The number of carbonyl (C=O) groups is 2. The minimum Gasteiger partial charge on any atom is -0.495 e. The molecule has 8 nitrogen and oxygen atoms in total. The van der Waals surface area contributed by atoms with Gasteiger partial charge in [0, 0.05) is 25.6 Å². The van der Waals surface area contributed by atoms with Gasteiger partial charge in [0.05, 0.1) is 24.1 Å². The second-order valence-corrected chi connectivity index (χ2v) is 12.1. The van der Waals surface area contributed by atoms with E-state index in [-0.39, 0.29) is 37.2 Å². The van der Waals surface area contributed by atoms with Gasteiger partial charge in [0.25, 0.3) is 0 Å². The van der Waals surface area contributed by atoms with Gasteiger partial charge in [0.2, 0.25) is 21.8 Å². The van der Waals surface area contributed by atoms with Crippen molar-refractivity contribution in [1.82, 2.24) is 10.2 Å². The Morgan fingerprint density at radius 1 is 1.11 bits per heavy atom. The number of carbonyl (C=O) groups excluding carboxylic acids is 2. The summed E-state index contributed by atoms with van der Waals surface area (Å²) >= 11 is 6.22. The smallest absolute Gasteiger partial charge is 0.242 e. The monoisotopic (exact) mass is 563 g/mol. The summed E-state index contributed by atoms with van der Waals surface area (Å²) in [6.07, 6.45) is 6.26. The number of sulfonamides is 1. The van der Waals surface area contributed by atoms with E-state index in [1.807, 2.05) is 30.3 Å². The zero-order valence-electron chi connectivity index (χ0n) is 22.4. The predicted molar refractivity (Wildman–Crippen MR) is 151 cm³/mol. The first kappa shape index (κ1) is 29.8. The molecule has 0 aliphatic heterocycles. The van der Waals surface area contributed by atoms with E-state index in [2.05, 4.69) is 5.32 Å². The van der Waals surface area contributed by atoms with Gasteiger partial charge in [-0.2, -0.15) is 0 Å². The van der Waals surface area contributed by atoms with E-state index >= 15 is 0 Å². The Kier molecular flexibility index (Phi) is 10.8. The number of rotatable bonds is 13. The number of hydrogen-bond acceptors (Lipinski definition) is 5. The Labute approximate surface area is 231 Å². The van der Waals surface area contributed by atoms with Crippen LogP contribution in [0.1, 0.15) is 51.0 Å². The number of benzene rings is 2. The maximum Gasteiger partial charge on any atom is 0.242 e. The van der Waals surface area contributed by atoms with Crippen LogP contribution in [0.4, 0.5) is 5.69 Å². The van der Waals surface area contributed by atoms with E-state index in [4.69, 9.17) is 16.3 Å². The Balaban J connectivity index is 1.68. The van der Waals surface area contributed by atoms with Crippen LogP contribution in [0.25, 0.3) is 0 Å². The average Bonchev–Trinajstić information content (AvgIpc) is 3.39. The molecule has 38 heavy (non-hydrogen) atoms. The molecule has 3 rings (SSSR count). The lowest BCUT2D eigenvalue weighted by Gasteiger charge is -2.30. The van der Waals surface area contributed by atoms with Gasteiger partial charge in [0.15, 0.2) is 0 Å². The molecule has 1 atom stereocenters. The van der Waals surface area contributed by atoms with E-state index in [9.17, 15) is 18.0 Å². The molecule has 0 spiro atoms. The normalized spacial score (nSPS) is 14.6. The molecular weight excluding hydrogens is 526 g/mol. The van der Waals surface area contributed by atoms with Crippen LogP contribution in [0.2, 0.25) is 5.02 Å². The summed E-state index contributed by atoms with van der Waals surface area (Å²) in [4.78, 5) is 28.0. The molecule has 0 radical (unpaired) electrons. The maximum atomic E-state index is 13.4. The molecule has 0 bridgehead atoms. The fourth-order valence-corrected chi connectivity index (χ4v) is 5.99. The molecule has 2 aromatic rings. The molecule has 1 N–H and O–H groups in total. The van der Waals surface area contributed by atoms with E-state index in [1.165, 1.54) is 17.5 Å². The first-order valence-corrected chi connectivity index (χ1v) is 15.3. The number of methoxy groups -OCH3 is 1. The summed E-state index contributed by atoms with van der Waals surface area (Å²) in [5, 5.41) is 3.39. The fraction of sp³-hybridized carbons (Fsp3) is 0.500. The van der Waals surface area contributed by atoms with Crippen molar-refractivity contribution in [2.45, 2.75) is 64.0 Å². The van der Waals surface area contributed by atoms with Gasteiger partial charge in [-0.15, -0.1) is 0 Å². The Morgan fingerprint density at radius 2 is 1.79 bits per heavy atom. The number of hydrogen-bond donors (Lipinski definition) is 1. The van der Waals surface area contributed by atoms with Gasteiger partial charge >= 0.3 is 0 Å². The van der Waals surface area contributed by atoms with Crippen LogP contribution < -0.4 is 14.4 Å². The largest absolute Gasteiger partial charge is 0.495 e. The van der Waals surface area contributed by atoms with Gasteiger partial charge in [-0.05, 0) is 56.4 Å². The Bertz CT molecular complexity index is 1190. The summed E-state index contributed by atoms with van der Waals surface area (Å²) < 4.78 is 31.5. The lowest BCUT2D eigenvalue weighted by Crippen LogP contribution is -2.50. The molecule has 208 valence electrons. The molecule has 1 fully saturated rings. The van der Waals surface area contributed by atoms with Gasteiger partial charge < -0.3 is 15.0 Å². The average molecular weight is 564 g/mol. The number of anilines is 1. The molecule has 1 aliphatic carbocycles. The standard InChI is InChI=1S/C28H38ClN3O5S/c1-21(28(34)30-23-12-7-8-13-23)31(19-17-22-10-5-4-6-11-22)27(33)14-9-18-32(38(3,35)36)24-15-16-26(37-2)25(29)20-24/h4-6,10-11,15-16,20-21,23H,7-9,12-14,17-19H2,1-3H3,(H,30,34). The van der Waals surface area contributed by atoms with Gasteiger partial charge in [-0.3, -0.25) is 13.9 Å². The fourth-order valence-electron chi connectivity index (χ4n) is 4.78. The molecule has 0 heterocycles. The maximum absolute atomic E-state index is 13.4. The second-order valence-electron chi connectivity index (χ2n) is 9.75. The molecule has 1 aliphatic rings. The number of nitrogens with one attached hydrogen (secondary N) is 1. The summed E-state index contributed by atoms with van der Waals surface area (Å²) in [6, 6.07) is 14.1. The number of nitrogens with zero attached hydrogens (tertiary/aromatic N) is 2. The molecule has 2 aromatic carbocycles. The molecule has 1 saturated carbocycles. The highest BCUT2D eigenvalue weighted by Gasteiger charge is 2.28. The summed E-state index contributed by atoms with van der Waals surface area (Å²) in [5.74, 6) is 0.109. The van der Waals surface area contributed by atoms with Gasteiger partial charge in [-0.25, -0.2) is 8.42 Å². The number of ether oxygens (including phenoxy) is 1. The van der Waals surface area contributed by atoms with Crippen LogP contribution in [0, 0.1) is 0 Å². The quantitative estimate of drug-likeness (QED) is 0.389. The second kappa shape index (κ2) is 13.8. The third-order valence-corrected chi connectivity index (χ3v) is 8.42. The summed E-state index contributed by atoms with van der Waals surface area (Å²) in [7, 11) is -2.13. The van der Waals surface area contributed by atoms with Crippen molar-refractivity contribution in [2.75, 3.05) is 30.8 Å². The van der Waals surface area contributed by atoms with Crippen LogP contribution in [-0.2, 0) is 26.0 Å². The minimum atomic E-state index is -3.62. The summed E-state index contributed by atoms with van der Waals surface area (Å²) in [6.45, 7) is 2.25. The summed E-state index contributed by atoms with van der Waals surface area (Å²) in [5.41, 5.74) is 1.48. The van der Waals surface area contributed by atoms with Crippen molar-refractivity contribution in [2.24, 2.45) is 0 Å². The van der Waals surface area contributed by atoms with Crippen molar-refractivity contribution in [3.63, 3.8) is 0 Å². The third kappa shape index (κ3) is 8.36.